The van der Waals surface area contributed by atoms with Crippen molar-refractivity contribution in [2.24, 2.45) is 0 Å². The summed E-state index contributed by atoms with van der Waals surface area (Å²) in [6, 6.07) is 8.82. The molecule has 1 fully saturated rings. The lowest BCUT2D eigenvalue weighted by molar-refractivity contribution is -0.161. The molecule has 3 N–H and O–H groups in total. The Morgan fingerprint density at radius 1 is 1.00 bits per heavy atom. The van der Waals surface area contributed by atoms with Gasteiger partial charge >= 0.3 is 6.18 Å². The summed E-state index contributed by atoms with van der Waals surface area (Å²) in [5.74, 6) is -0.889. The Kier molecular flexibility index (Phi) is 8.20. The summed E-state index contributed by atoms with van der Waals surface area (Å²) in [6.07, 6.45) is -7.67. The first-order valence-electron chi connectivity index (χ1n) is 11.9. The first-order valence-corrected chi connectivity index (χ1v) is 11.9. The van der Waals surface area contributed by atoms with E-state index in [2.05, 4.69) is 10.6 Å². The van der Waals surface area contributed by atoms with E-state index >= 15 is 0 Å². The number of carbonyl (C=O) groups excluding carboxylic acids is 1. The molecule has 206 valence electrons. The largest absolute Gasteiger partial charge is 0.407 e. The van der Waals surface area contributed by atoms with E-state index in [1.54, 1.807) is 0 Å². The first kappa shape index (κ1) is 29.5. The van der Waals surface area contributed by atoms with Gasteiger partial charge in [0.1, 0.15) is 22.9 Å². The molecule has 38 heavy (non-hydrogen) atoms. The maximum Gasteiger partial charge on any atom is 0.407 e. The van der Waals surface area contributed by atoms with Crippen LogP contribution in [0.15, 0.2) is 48.5 Å². The van der Waals surface area contributed by atoms with Crippen LogP contribution < -0.4 is 10.6 Å². The molecule has 0 heterocycles. The highest BCUT2D eigenvalue weighted by Crippen LogP contribution is 2.37. The number of aliphatic hydroxyl groups is 1. The van der Waals surface area contributed by atoms with Crippen LogP contribution in [-0.4, -0.2) is 40.9 Å². The summed E-state index contributed by atoms with van der Waals surface area (Å²) in [6.45, 7) is 3.28. The number of halogens is 6. The number of nitrogens with one attached hydrogen (secondary N) is 2. The van der Waals surface area contributed by atoms with Crippen molar-refractivity contribution in [2.75, 3.05) is 0 Å². The lowest BCUT2D eigenvalue weighted by Crippen LogP contribution is -2.53. The number of alkyl halides is 6. The van der Waals surface area contributed by atoms with Gasteiger partial charge in [-0.3, -0.25) is 10.1 Å². The smallest absolute Gasteiger partial charge is 0.379 e. The van der Waals surface area contributed by atoms with Gasteiger partial charge in [-0.15, -0.1) is 0 Å². The molecule has 1 amide bonds. The normalized spacial score (nSPS) is 18.3. The van der Waals surface area contributed by atoms with E-state index < -0.39 is 53.8 Å². The van der Waals surface area contributed by atoms with Gasteiger partial charge in [-0.05, 0) is 55.9 Å². The van der Waals surface area contributed by atoms with Gasteiger partial charge in [0.15, 0.2) is 0 Å². The van der Waals surface area contributed by atoms with Gasteiger partial charge in [-0.1, -0.05) is 48.5 Å². The Balaban J connectivity index is 1.85. The second-order valence-electron chi connectivity index (χ2n) is 10.4. The molecule has 0 aromatic heterocycles. The monoisotopic (exact) mass is 541 g/mol. The van der Waals surface area contributed by atoms with Crippen molar-refractivity contribution in [3.63, 3.8) is 0 Å². The summed E-state index contributed by atoms with van der Waals surface area (Å²) < 4.78 is 82.9. The van der Waals surface area contributed by atoms with Gasteiger partial charge in [0, 0.05) is 6.42 Å². The highest BCUT2D eigenvalue weighted by molar-refractivity contribution is 5.83. The van der Waals surface area contributed by atoms with E-state index in [4.69, 9.17) is 0 Å². The molecule has 3 atom stereocenters. The molecule has 0 radical (unpaired) electrons. The molecule has 0 bridgehead atoms. The van der Waals surface area contributed by atoms with E-state index in [-0.39, 0.29) is 11.1 Å². The van der Waals surface area contributed by atoms with E-state index in [1.165, 1.54) is 48.5 Å². The van der Waals surface area contributed by atoms with Crippen LogP contribution >= 0.6 is 0 Å². The number of benzene rings is 2. The van der Waals surface area contributed by atoms with Gasteiger partial charge in [-0.2, -0.15) is 18.4 Å². The lowest BCUT2D eigenvalue weighted by Gasteiger charge is -2.30. The first-order chi connectivity index (χ1) is 17.5. The van der Waals surface area contributed by atoms with Crippen LogP contribution in [0.25, 0.3) is 11.1 Å². The number of carbonyl (C=O) groups is 1. The SMILES string of the molecule is CC(C)(F)C[C@H](NC(c1ccc(-c2ccc([C@](C)(O)C(F)F)cc2)cc1)C(F)(F)F)C(=O)NC1(C#N)CC1. The fourth-order valence-electron chi connectivity index (χ4n) is 4.00. The Morgan fingerprint density at radius 3 is 1.89 bits per heavy atom. The predicted octanol–water partition coefficient (Wildman–Crippen LogP) is 5.70. The molecule has 2 aromatic carbocycles. The van der Waals surface area contributed by atoms with E-state index in [0.29, 0.717) is 24.0 Å². The Hall–Kier alpha value is -3.10. The van der Waals surface area contributed by atoms with Crippen LogP contribution in [0.2, 0.25) is 0 Å². The molecule has 1 aliphatic carbocycles. The van der Waals surface area contributed by atoms with Gasteiger partial charge in [0.25, 0.3) is 6.43 Å². The molecule has 0 spiro atoms. The van der Waals surface area contributed by atoms with E-state index in [0.717, 1.165) is 20.8 Å². The van der Waals surface area contributed by atoms with E-state index in [1.807, 2.05) is 6.07 Å². The maximum atomic E-state index is 14.4. The summed E-state index contributed by atoms with van der Waals surface area (Å²) in [7, 11) is 0. The Bertz CT molecular complexity index is 1160. The zero-order valence-electron chi connectivity index (χ0n) is 21.0. The summed E-state index contributed by atoms with van der Waals surface area (Å²) in [5, 5.41) is 23.8. The van der Waals surface area contributed by atoms with Gasteiger partial charge in [-0.25, -0.2) is 13.2 Å². The van der Waals surface area contributed by atoms with Crippen molar-refractivity contribution < 1.29 is 36.2 Å². The Labute approximate surface area is 216 Å². The molecule has 1 aliphatic rings. The summed E-state index contributed by atoms with van der Waals surface area (Å²) in [5.41, 5.74) is -4.69. The van der Waals surface area contributed by atoms with Gasteiger partial charge < -0.3 is 10.4 Å². The van der Waals surface area contributed by atoms with Crippen LogP contribution in [0.3, 0.4) is 0 Å². The van der Waals surface area contributed by atoms with Crippen molar-refractivity contribution in [3.05, 3.63) is 59.7 Å². The number of hydrogen-bond donors (Lipinski definition) is 3. The average molecular weight is 542 g/mol. The molecule has 5 nitrogen and oxygen atoms in total. The second-order valence-corrected chi connectivity index (χ2v) is 10.4. The molecule has 0 saturated heterocycles. The minimum absolute atomic E-state index is 0.0151. The molecule has 1 saturated carbocycles. The molecular formula is C27H29F6N3O2. The van der Waals surface area contributed by atoms with Gasteiger partial charge in [0.2, 0.25) is 5.91 Å². The minimum Gasteiger partial charge on any atom is -0.379 e. The third-order valence-electron chi connectivity index (χ3n) is 6.50. The van der Waals surface area contributed by atoms with Crippen molar-refractivity contribution in [1.29, 1.82) is 5.26 Å². The van der Waals surface area contributed by atoms with Crippen molar-refractivity contribution in [1.82, 2.24) is 10.6 Å². The number of amides is 1. The lowest BCUT2D eigenvalue weighted by atomic mass is 9.93. The molecule has 0 aliphatic heterocycles. The van der Waals surface area contributed by atoms with Crippen LogP contribution in [0.1, 0.15) is 57.2 Å². The fraction of sp³-hybridized carbons (Fsp3) is 0.481. The zero-order chi connectivity index (χ0) is 28.5. The molecule has 1 unspecified atom stereocenters. The fourth-order valence-corrected chi connectivity index (χ4v) is 4.00. The number of rotatable bonds is 10. The van der Waals surface area contributed by atoms with Crippen LogP contribution in [0, 0.1) is 11.3 Å². The minimum atomic E-state index is -4.84. The van der Waals surface area contributed by atoms with Crippen molar-refractivity contribution in [2.45, 2.75) is 81.5 Å². The third kappa shape index (κ3) is 7.05. The molecule has 2 aromatic rings. The second kappa shape index (κ2) is 10.6. The summed E-state index contributed by atoms with van der Waals surface area (Å²) in [4.78, 5) is 12.8. The van der Waals surface area contributed by atoms with E-state index in [9.17, 15) is 41.5 Å². The molecule has 3 rings (SSSR count). The zero-order valence-corrected chi connectivity index (χ0v) is 21.0. The van der Waals surface area contributed by atoms with Crippen LogP contribution in [0.4, 0.5) is 26.3 Å². The molecular weight excluding hydrogens is 512 g/mol. The number of nitrogens with zero attached hydrogens (tertiary/aromatic N) is 1. The molecule has 11 heteroatoms. The Morgan fingerprint density at radius 2 is 1.50 bits per heavy atom. The quantitative estimate of drug-likeness (QED) is 0.337. The van der Waals surface area contributed by atoms with Crippen LogP contribution in [-0.2, 0) is 10.4 Å². The van der Waals surface area contributed by atoms with Crippen molar-refractivity contribution >= 4 is 5.91 Å². The predicted molar refractivity (Wildman–Crippen MR) is 129 cm³/mol. The highest BCUT2D eigenvalue weighted by Gasteiger charge is 2.48. The maximum absolute atomic E-state index is 14.4. The number of hydrogen-bond acceptors (Lipinski definition) is 4. The number of nitriles is 1. The highest BCUT2D eigenvalue weighted by atomic mass is 19.4. The summed E-state index contributed by atoms with van der Waals surface area (Å²) >= 11 is 0. The third-order valence-corrected chi connectivity index (χ3v) is 6.50. The standard InChI is InChI=1S/C27H29F6N3O2/c1-24(2,30)14-20(22(37)36-26(15-34)12-13-26)35-21(27(31,32)33)18-6-4-16(5-7-18)17-8-10-19(11-9-17)25(3,38)23(28)29/h4-11,20-21,23,35,38H,12-14H2,1-3H3,(H,36,37)/t20-,21?,25-/m0/s1. The van der Waals surface area contributed by atoms with Gasteiger partial charge in [0.05, 0.1) is 12.1 Å². The topological polar surface area (TPSA) is 85.2 Å². The average Bonchev–Trinajstić information content (AvgIpc) is 3.60. The van der Waals surface area contributed by atoms with Crippen LogP contribution in [0.5, 0.6) is 0 Å². The van der Waals surface area contributed by atoms with Crippen molar-refractivity contribution in [3.8, 4) is 17.2 Å².